The second-order valence-corrected chi connectivity index (χ2v) is 8.45. The van der Waals surface area contributed by atoms with Gasteiger partial charge in [0.25, 0.3) is 10.0 Å². The lowest BCUT2D eigenvalue weighted by atomic mass is 10.3. The molecule has 1 N–H and O–H groups in total. The van der Waals surface area contributed by atoms with E-state index in [0.29, 0.717) is 23.3 Å². The van der Waals surface area contributed by atoms with E-state index < -0.39 is 10.0 Å². The molecule has 1 heterocycles. The van der Waals surface area contributed by atoms with Gasteiger partial charge in [-0.25, -0.2) is 12.7 Å². The van der Waals surface area contributed by atoms with Crippen LogP contribution < -0.4 is 5.32 Å². The first-order valence-corrected chi connectivity index (χ1v) is 9.03. The van der Waals surface area contributed by atoms with Crippen LogP contribution in [0.1, 0.15) is 31.6 Å². The van der Waals surface area contributed by atoms with Crippen molar-refractivity contribution in [2.24, 2.45) is 0 Å². The molecule has 0 aliphatic carbocycles. The molecular formula is C14H24N2O2S2. The molecule has 0 aliphatic rings. The summed E-state index contributed by atoms with van der Waals surface area (Å²) in [6.07, 6.45) is 3.43. The minimum atomic E-state index is -3.35. The normalized spacial score (nSPS) is 12.2. The first kappa shape index (κ1) is 17.4. The Kier molecular flexibility index (Phi) is 6.88. The van der Waals surface area contributed by atoms with Crippen LogP contribution in [0, 0.1) is 0 Å². The number of unbranched alkanes of at least 4 members (excludes halogenated alkanes) is 1. The number of sulfonamides is 1. The molecule has 20 heavy (non-hydrogen) atoms. The lowest BCUT2D eigenvalue weighted by molar-refractivity contribution is 0.464. The highest BCUT2D eigenvalue weighted by atomic mass is 32.2. The van der Waals surface area contributed by atoms with Crippen molar-refractivity contribution in [3.63, 3.8) is 0 Å². The molecule has 0 radical (unpaired) electrons. The largest absolute Gasteiger partial charge is 0.310 e. The Labute approximate surface area is 126 Å². The van der Waals surface area contributed by atoms with Crippen molar-refractivity contribution in [3.05, 3.63) is 29.7 Å². The average Bonchev–Trinajstić information content (AvgIpc) is 2.86. The number of nitrogens with one attached hydrogen (secondary N) is 1. The van der Waals surface area contributed by atoms with Gasteiger partial charge in [-0.1, -0.05) is 19.9 Å². The Morgan fingerprint density at radius 2 is 2.15 bits per heavy atom. The number of allylic oxidation sites excluding steroid dienone is 1. The predicted octanol–water partition coefficient (Wildman–Crippen LogP) is 2.83. The van der Waals surface area contributed by atoms with Crippen LogP contribution in [-0.4, -0.2) is 32.4 Å². The summed E-state index contributed by atoms with van der Waals surface area (Å²) in [5.74, 6) is 0. The van der Waals surface area contributed by atoms with Gasteiger partial charge in [-0.05, 0) is 25.0 Å². The van der Waals surface area contributed by atoms with Crippen molar-refractivity contribution < 1.29 is 8.42 Å². The van der Waals surface area contributed by atoms with Crippen molar-refractivity contribution in [1.29, 1.82) is 0 Å². The van der Waals surface area contributed by atoms with Crippen molar-refractivity contribution >= 4 is 21.4 Å². The summed E-state index contributed by atoms with van der Waals surface area (Å²) in [5, 5.41) is 3.29. The first-order valence-electron chi connectivity index (χ1n) is 6.77. The summed E-state index contributed by atoms with van der Waals surface area (Å²) >= 11 is 1.34. The van der Waals surface area contributed by atoms with Gasteiger partial charge in [0.2, 0.25) is 0 Å². The average molecular weight is 316 g/mol. The molecule has 0 saturated heterocycles. The van der Waals surface area contributed by atoms with Crippen LogP contribution in [0.2, 0.25) is 0 Å². The second kappa shape index (κ2) is 7.93. The summed E-state index contributed by atoms with van der Waals surface area (Å²) in [4.78, 5) is 1.04. The van der Waals surface area contributed by atoms with E-state index in [4.69, 9.17) is 0 Å². The Morgan fingerprint density at radius 1 is 1.45 bits per heavy atom. The standard InChI is InChI=1S/C14H24N2O2S2/c1-5-6-7-10-16(4)20(17,18)14-9-8-13(19-14)11-15-12(2)3/h5,8-9,12,15H,1,6-7,10-11H2,2-4H3. The van der Waals surface area contributed by atoms with E-state index in [2.05, 4.69) is 25.7 Å². The predicted molar refractivity (Wildman–Crippen MR) is 85.5 cm³/mol. The van der Waals surface area contributed by atoms with E-state index in [1.165, 1.54) is 15.6 Å². The molecule has 0 bridgehead atoms. The lowest BCUT2D eigenvalue weighted by Crippen LogP contribution is -2.27. The van der Waals surface area contributed by atoms with Gasteiger partial charge in [-0.2, -0.15) is 0 Å². The molecule has 114 valence electrons. The van der Waals surface area contributed by atoms with E-state index in [0.717, 1.165) is 17.7 Å². The lowest BCUT2D eigenvalue weighted by Gasteiger charge is -2.15. The van der Waals surface area contributed by atoms with E-state index in [1.54, 1.807) is 19.2 Å². The molecule has 0 atom stereocenters. The first-order chi connectivity index (χ1) is 9.37. The molecule has 4 nitrogen and oxygen atoms in total. The molecule has 0 unspecified atom stereocenters. The summed E-state index contributed by atoms with van der Waals surface area (Å²) in [6, 6.07) is 3.96. The number of hydrogen-bond donors (Lipinski definition) is 1. The number of hydrogen-bond acceptors (Lipinski definition) is 4. The van der Waals surface area contributed by atoms with Gasteiger partial charge in [-0.15, -0.1) is 17.9 Å². The Hall–Kier alpha value is -0.690. The zero-order valence-electron chi connectivity index (χ0n) is 12.4. The maximum absolute atomic E-state index is 12.4. The minimum Gasteiger partial charge on any atom is -0.310 e. The van der Waals surface area contributed by atoms with E-state index >= 15 is 0 Å². The quantitative estimate of drug-likeness (QED) is 0.563. The highest BCUT2D eigenvalue weighted by Crippen LogP contribution is 2.24. The molecule has 0 aliphatic heterocycles. The zero-order chi connectivity index (χ0) is 15.2. The second-order valence-electron chi connectivity index (χ2n) is 5.01. The van der Waals surface area contributed by atoms with Gasteiger partial charge >= 0.3 is 0 Å². The van der Waals surface area contributed by atoms with Crippen LogP contribution >= 0.6 is 11.3 Å². The van der Waals surface area contributed by atoms with E-state index in [1.807, 2.05) is 6.07 Å². The third-order valence-corrected chi connectivity index (χ3v) is 6.28. The van der Waals surface area contributed by atoms with Gasteiger partial charge in [-0.3, -0.25) is 0 Å². The van der Waals surface area contributed by atoms with Crippen LogP contribution in [0.5, 0.6) is 0 Å². The molecular weight excluding hydrogens is 292 g/mol. The van der Waals surface area contributed by atoms with Crippen LogP contribution in [-0.2, 0) is 16.6 Å². The highest BCUT2D eigenvalue weighted by molar-refractivity contribution is 7.91. The third-order valence-electron chi connectivity index (χ3n) is 2.87. The zero-order valence-corrected chi connectivity index (χ0v) is 14.1. The van der Waals surface area contributed by atoms with Crippen LogP contribution in [0.4, 0.5) is 0 Å². The van der Waals surface area contributed by atoms with Gasteiger partial charge < -0.3 is 5.32 Å². The summed E-state index contributed by atoms with van der Waals surface area (Å²) in [5.41, 5.74) is 0. The topological polar surface area (TPSA) is 49.4 Å². The molecule has 1 aromatic rings. The molecule has 0 saturated carbocycles. The third kappa shape index (κ3) is 5.01. The van der Waals surface area contributed by atoms with Crippen LogP contribution in [0.25, 0.3) is 0 Å². The van der Waals surface area contributed by atoms with Crippen molar-refractivity contribution in [2.75, 3.05) is 13.6 Å². The van der Waals surface area contributed by atoms with E-state index in [9.17, 15) is 8.42 Å². The molecule has 0 spiro atoms. The number of nitrogens with zero attached hydrogens (tertiary/aromatic N) is 1. The van der Waals surface area contributed by atoms with Crippen LogP contribution in [0.3, 0.4) is 0 Å². The molecule has 0 amide bonds. The highest BCUT2D eigenvalue weighted by Gasteiger charge is 2.22. The smallest absolute Gasteiger partial charge is 0.252 e. The molecule has 0 aromatic carbocycles. The summed E-state index contributed by atoms with van der Waals surface area (Å²) in [6.45, 7) is 9.01. The SMILES string of the molecule is C=CCCCN(C)S(=O)(=O)c1ccc(CNC(C)C)s1. The monoisotopic (exact) mass is 316 g/mol. The van der Waals surface area contributed by atoms with Gasteiger partial charge in [0, 0.05) is 31.1 Å². The molecule has 6 heteroatoms. The fraction of sp³-hybridized carbons (Fsp3) is 0.571. The number of thiophene rings is 1. The van der Waals surface area contributed by atoms with Crippen molar-refractivity contribution in [2.45, 2.75) is 43.5 Å². The Balaban J connectivity index is 2.69. The molecule has 1 rings (SSSR count). The fourth-order valence-electron chi connectivity index (χ4n) is 1.63. The van der Waals surface area contributed by atoms with Crippen molar-refractivity contribution in [3.8, 4) is 0 Å². The van der Waals surface area contributed by atoms with Gasteiger partial charge in [0.15, 0.2) is 0 Å². The van der Waals surface area contributed by atoms with Gasteiger partial charge in [0.1, 0.15) is 4.21 Å². The van der Waals surface area contributed by atoms with E-state index in [-0.39, 0.29) is 0 Å². The van der Waals surface area contributed by atoms with Crippen molar-refractivity contribution in [1.82, 2.24) is 9.62 Å². The fourth-order valence-corrected chi connectivity index (χ4v) is 4.36. The molecule has 0 fully saturated rings. The Morgan fingerprint density at radius 3 is 2.75 bits per heavy atom. The summed E-state index contributed by atoms with van der Waals surface area (Å²) in [7, 11) is -1.72. The molecule has 1 aromatic heterocycles. The van der Waals surface area contributed by atoms with Crippen LogP contribution in [0.15, 0.2) is 29.0 Å². The summed E-state index contributed by atoms with van der Waals surface area (Å²) < 4.78 is 26.6. The Bertz CT molecular complexity index is 521. The number of rotatable bonds is 9. The maximum Gasteiger partial charge on any atom is 0.252 e. The maximum atomic E-state index is 12.4. The van der Waals surface area contributed by atoms with Gasteiger partial charge in [0.05, 0.1) is 0 Å². The minimum absolute atomic E-state index is 0.388.